The SMILES string of the molecule is CCCCC(=O)N=c1sc2cccc(OC)c2n1CC(=O)OC. The lowest BCUT2D eigenvalue weighted by Crippen LogP contribution is -2.22. The van der Waals surface area contributed by atoms with Crippen LogP contribution in [-0.2, 0) is 20.9 Å². The van der Waals surface area contributed by atoms with Crippen molar-refractivity contribution >= 4 is 33.4 Å². The Kier molecular flexibility index (Phi) is 5.92. The number of hydrogen-bond donors (Lipinski definition) is 0. The van der Waals surface area contributed by atoms with Gasteiger partial charge in [-0.05, 0) is 18.6 Å². The highest BCUT2D eigenvalue weighted by Gasteiger charge is 2.15. The summed E-state index contributed by atoms with van der Waals surface area (Å²) in [4.78, 5) is 28.4. The molecule has 6 nitrogen and oxygen atoms in total. The van der Waals surface area contributed by atoms with Crippen LogP contribution in [0.15, 0.2) is 23.2 Å². The molecule has 1 heterocycles. The first-order valence-corrected chi connectivity index (χ1v) is 8.23. The van der Waals surface area contributed by atoms with E-state index in [1.54, 1.807) is 11.7 Å². The van der Waals surface area contributed by atoms with Crippen LogP contribution in [0.2, 0.25) is 0 Å². The number of nitrogens with zero attached hydrogens (tertiary/aromatic N) is 2. The summed E-state index contributed by atoms with van der Waals surface area (Å²) in [6.45, 7) is 2.01. The number of carbonyl (C=O) groups is 2. The van der Waals surface area contributed by atoms with E-state index in [9.17, 15) is 9.59 Å². The maximum atomic E-state index is 12.0. The fraction of sp³-hybridized carbons (Fsp3) is 0.438. The van der Waals surface area contributed by atoms with Crippen molar-refractivity contribution in [3.05, 3.63) is 23.0 Å². The zero-order valence-electron chi connectivity index (χ0n) is 13.5. The van der Waals surface area contributed by atoms with E-state index >= 15 is 0 Å². The van der Waals surface area contributed by atoms with Gasteiger partial charge in [-0.15, -0.1) is 0 Å². The Morgan fingerprint density at radius 1 is 1.30 bits per heavy atom. The number of aromatic nitrogens is 1. The van der Waals surface area contributed by atoms with Gasteiger partial charge in [-0.25, -0.2) is 0 Å². The highest BCUT2D eigenvalue weighted by Crippen LogP contribution is 2.27. The van der Waals surface area contributed by atoms with Crippen molar-refractivity contribution in [2.75, 3.05) is 14.2 Å². The average Bonchev–Trinajstić information content (AvgIpc) is 2.90. The zero-order chi connectivity index (χ0) is 16.8. The largest absolute Gasteiger partial charge is 0.495 e. The van der Waals surface area contributed by atoms with Crippen LogP contribution < -0.4 is 9.54 Å². The minimum Gasteiger partial charge on any atom is -0.495 e. The maximum Gasteiger partial charge on any atom is 0.325 e. The molecule has 0 aliphatic heterocycles. The third kappa shape index (κ3) is 3.98. The monoisotopic (exact) mass is 336 g/mol. The van der Waals surface area contributed by atoms with Gasteiger partial charge in [-0.2, -0.15) is 4.99 Å². The van der Waals surface area contributed by atoms with E-state index in [1.165, 1.54) is 18.4 Å². The van der Waals surface area contributed by atoms with Crippen molar-refractivity contribution in [1.82, 2.24) is 4.57 Å². The number of rotatable bonds is 6. The smallest absolute Gasteiger partial charge is 0.325 e. The highest BCUT2D eigenvalue weighted by atomic mass is 32.1. The van der Waals surface area contributed by atoms with E-state index in [1.807, 2.05) is 25.1 Å². The molecular weight excluding hydrogens is 316 g/mol. The van der Waals surface area contributed by atoms with Crippen molar-refractivity contribution in [3.8, 4) is 5.75 Å². The van der Waals surface area contributed by atoms with Crippen molar-refractivity contribution in [3.63, 3.8) is 0 Å². The summed E-state index contributed by atoms with van der Waals surface area (Å²) in [6.07, 6.45) is 2.14. The lowest BCUT2D eigenvalue weighted by atomic mass is 10.2. The summed E-state index contributed by atoms with van der Waals surface area (Å²) in [5.74, 6) is 0.0409. The lowest BCUT2D eigenvalue weighted by molar-refractivity contribution is -0.141. The van der Waals surface area contributed by atoms with Crippen molar-refractivity contribution in [2.45, 2.75) is 32.7 Å². The highest BCUT2D eigenvalue weighted by molar-refractivity contribution is 7.16. The van der Waals surface area contributed by atoms with Gasteiger partial charge >= 0.3 is 5.97 Å². The minimum atomic E-state index is -0.405. The summed E-state index contributed by atoms with van der Waals surface area (Å²) >= 11 is 1.36. The molecule has 2 aromatic rings. The Labute approximate surface area is 138 Å². The van der Waals surface area contributed by atoms with Gasteiger partial charge in [-0.3, -0.25) is 9.59 Å². The third-order valence-electron chi connectivity index (χ3n) is 3.36. The Balaban J connectivity index is 2.58. The van der Waals surface area contributed by atoms with Crippen LogP contribution in [0.3, 0.4) is 0 Å². The standard InChI is InChI=1S/C16H20N2O4S/c1-4-5-9-13(19)17-16-18(10-14(20)22-3)15-11(21-2)7-6-8-12(15)23-16/h6-8H,4-5,9-10H2,1-3H3. The van der Waals surface area contributed by atoms with E-state index in [0.29, 0.717) is 17.0 Å². The Morgan fingerprint density at radius 2 is 2.09 bits per heavy atom. The second-order valence-corrected chi connectivity index (χ2v) is 5.97. The maximum absolute atomic E-state index is 12.0. The number of unbranched alkanes of at least 4 members (excludes halogenated alkanes) is 1. The molecular formula is C16H20N2O4S. The molecule has 124 valence electrons. The molecule has 0 fully saturated rings. The Hall–Kier alpha value is -2.15. The van der Waals surface area contributed by atoms with Crippen LogP contribution in [0.4, 0.5) is 0 Å². The molecule has 0 aliphatic carbocycles. The number of benzene rings is 1. The number of esters is 1. The Morgan fingerprint density at radius 3 is 2.74 bits per heavy atom. The van der Waals surface area contributed by atoms with Crippen LogP contribution in [0.5, 0.6) is 5.75 Å². The summed E-state index contributed by atoms with van der Waals surface area (Å²) in [7, 11) is 2.90. The fourth-order valence-corrected chi connectivity index (χ4v) is 3.24. The number of methoxy groups -OCH3 is 2. The predicted molar refractivity (Wildman–Crippen MR) is 88.5 cm³/mol. The van der Waals surface area contributed by atoms with Crippen molar-refractivity contribution in [2.24, 2.45) is 4.99 Å². The summed E-state index contributed by atoms with van der Waals surface area (Å²) in [5, 5.41) is 0. The summed E-state index contributed by atoms with van der Waals surface area (Å²) in [5.41, 5.74) is 0.743. The van der Waals surface area contributed by atoms with Gasteiger partial charge in [0.1, 0.15) is 17.8 Å². The normalized spacial score (nSPS) is 11.7. The van der Waals surface area contributed by atoms with E-state index in [2.05, 4.69) is 4.99 Å². The van der Waals surface area contributed by atoms with Gasteiger partial charge in [0.25, 0.3) is 0 Å². The molecule has 0 saturated carbocycles. The quantitative estimate of drug-likeness (QED) is 0.760. The van der Waals surface area contributed by atoms with Crippen LogP contribution in [-0.4, -0.2) is 30.7 Å². The second kappa shape index (κ2) is 7.92. The zero-order valence-corrected chi connectivity index (χ0v) is 14.3. The van der Waals surface area contributed by atoms with Crippen molar-refractivity contribution < 1.29 is 19.1 Å². The van der Waals surface area contributed by atoms with Gasteiger partial charge in [0.15, 0.2) is 4.80 Å². The van der Waals surface area contributed by atoms with Crippen LogP contribution >= 0.6 is 11.3 Å². The number of carbonyl (C=O) groups excluding carboxylic acids is 2. The molecule has 2 rings (SSSR count). The van der Waals surface area contributed by atoms with Gasteiger partial charge in [-0.1, -0.05) is 30.7 Å². The molecule has 1 aromatic heterocycles. The molecule has 0 bridgehead atoms. The number of amides is 1. The molecule has 1 aromatic carbocycles. The number of hydrogen-bond acceptors (Lipinski definition) is 5. The molecule has 0 N–H and O–H groups in total. The van der Waals surface area contributed by atoms with Crippen LogP contribution in [0.25, 0.3) is 10.2 Å². The minimum absolute atomic E-state index is 0.0171. The molecule has 7 heteroatoms. The third-order valence-corrected chi connectivity index (χ3v) is 4.41. The van der Waals surface area contributed by atoms with Gasteiger partial charge in [0, 0.05) is 6.42 Å². The van der Waals surface area contributed by atoms with Gasteiger partial charge in [0.05, 0.1) is 18.9 Å². The van der Waals surface area contributed by atoms with Crippen molar-refractivity contribution in [1.29, 1.82) is 0 Å². The number of para-hydroxylation sites is 1. The number of thiazole rings is 1. The molecule has 23 heavy (non-hydrogen) atoms. The fourth-order valence-electron chi connectivity index (χ4n) is 2.18. The number of fused-ring (bicyclic) bond motifs is 1. The molecule has 1 amide bonds. The molecule has 0 unspecified atom stereocenters. The van der Waals surface area contributed by atoms with Crippen LogP contribution in [0.1, 0.15) is 26.2 Å². The van der Waals surface area contributed by atoms with Gasteiger partial charge < -0.3 is 14.0 Å². The van der Waals surface area contributed by atoms with Crippen LogP contribution in [0, 0.1) is 0 Å². The second-order valence-electron chi connectivity index (χ2n) is 4.96. The first kappa shape index (κ1) is 17.2. The Bertz CT molecular complexity index is 776. The van der Waals surface area contributed by atoms with E-state index < -0.39 is 5.97 Å². The lowest BCUT2D eigenvalue weighted by Gasteiger charge is -2.07. The van der Waals surface area contributed by atoms with E-state index in [0.717, 1.165) is 23.1 Å². The molecule has 0 aliphatic rings. The van der Waals surface area contributed by atoms with Gasteiger partial charge in [0.2, 0.25) is 5.91 Å². The van der Waals surface area contributed by atoms with E-state index in [-0.39, 0.29) is 12.5 Å². The van der Waals surface area contributed by atoms with E-state index in [4.69, 9.17) is 9.47 Å². The first-order valence-electron chi connectivity index (χ1n) is 7.41. The summed E-state index contributed by atoms with van der Waals surface area (Å²) in [6, 6.07) is 5.58. The molecule has 0 atom stereocenters. The molecule has 0 radical (unpaired) electrons. The topological polar surface area (TPSA) is 69.9 Å². The first-order chi connectivity index (χ1) is 11.1. The average molecular weight is 336 g/mol. The molecule has 0 saturated heterocycles. The number of ether oxygens (including phenoxy) is 2. The molecule has 0 spiro atoms. The summed E-state index contributed by atoms with van der Waals surface area (Å²) < 4.78 is 12.7. The predicted octanol–water partition coefficient (Wildman–Crippen LogP) is 2.50.